The van der Waals surface area contributed by atoms with Crippen LogP contribution in [0.4, 0.5) is 0 Å². The van der Waals surface area contributed by atoms with Gasteiger partial charge in [0.25, 0.3) is 0 Å². The Balaban J connectivity index is 1.55. The van der Waals surface area contributed by atoms with Crippen molar-refractivity contribution in [3.05, 3.63) is 29.8 Å². The van der Waals surface area contributed by atoms with Crippen LogP contribution in [0.3, 0.4) is 0 Å². The van der Waals surface area contributed by atoms with Crippen molar-refractivity contribution in [1.29, 1.82) is 0 Å². The number of ether oxygens (including phenoxy) is 1. The summed E-state index contributed by atoms with van der Waals surface area (Å²) in [4.78, 5) is 26.7. The van der Waals surface area contributed by atoms with Gasteiger partial charge in [0.1, 0.15) is 5.75 Å². The molecule has 0 unspecified atom stereocenters. The summed E-state index contributed by atoms with van der Waals surface area (Å²) < 4.78 is 5.30. The molecule has 0 bridgehead atoms. The maximum atomic E-state index is 12.5. The SMILES string of the molecule is COc1ccccc1CNC(=O)[C@@H]1CC(=O)N(C2CCCCC2)C1. The van der Waals surface area contributed by atoms with E-state index in [9.17, 15) is 9.59 Å². The van der Waals surface area contributed by atoms with Gasteiger partial charge in [-0.2, -0.15) is 0 Å². The standard InChI is InChI=1S/C19H26N2O3/c1-24-17-10-6-5-7-14(17)12-20-19(23)15-11-18(22)21(13-15)16-8-3-2-4-9-16/h5-7,10,15-16H,2-4,8-9,11-13H2,1H3,(H,20,23)/t15-/m1/s1. The molecule has 1 heterocycles. The summed E-state index contributed by atoms with van der Waals surface area (Å²) in [6.45, 7) is 0.998. The van der Waals surface area contributed by atoms with Crippen molar-refractivity contribution in [3.63, 3.8) is 0 Å². The van der Waals surface area contributed by atoms with E-state index in [1.807, 2.05) is 29.2 Å². The number of amides is 2. The Hall–Kier alpha value is -2.04. The Morgan fingerprint density at radius 3 is 2.75 bits per heavy atom. The monoisotopic (exact) mass is 330 g/mol. The first-order valence-electron chi connectivity index (χ1n) is 8.88. The van der Waals surface area contributed by atoms with Crippen LogP contribution >= 0.6 is 0 Å². The molecular weight excluding hydrogens is 304 g/mol. The quantitative estimate of drug-likeness (QED) is 0.902. The van der Waals surface area contributed by atoms with E-state index in [4.69, 9.17) is 4.74 Å². The fraction of sp³-hybridized carbons (Fsp3) is 0.579. The number of carbonyl (C=O) groups is 2. The molecule has 1 aliphatic carbocycles. The molecule has 130 valence electrons. The lowest BCUT2D eigenvalue weighted by atomic mass is 9.94. The smallest absolute Gasteiger partial charge is 0.225 e. The molecule has 2 fully saturated rings. The third-order valence-corrected chi connectivity index (χ3v) is 5.19. The van der Waals surface area contributed by atoms with Gasteiger partial charge in [-0.15, -0.1) is 0 Å². The molecular formula is C19H26N2O3. The second kappa shape index (κ2) is 7.69. The lowest BCUT2D eigenvalue weighted by Gasteiger charge is -2.31. The van der Waals surface area contributed by atoms with Crippen molar-refractivity contribution >= 4 is 11.8 Å². The molecule has 2 amide bonds. The minimum atomic E-state index is -0.228. The molecule has 5 nitrogen and oxygen atoms in total. The number of rotatable bonds is 5. The van der Waals surface area contributed by atoms with Crippen LogP contribution in [0.15, 0.2) is 24.3 Å². The zero-order chi connectivity index (χ0) is 16.9. The first-order chi connectivity index (χ1) is 11.7. The van der Waals surface area contributed by atoms with Gasteiger partial charge in [0.2, 0.25) is 11.8 Å². The third kappa shape index (κ3) is 3.71. The van der Waals surface area contributed by atoms with Crippen molar-refractivity contribution < 1.29 is 14.3 Å². The number of nitrogens with one attached hydrogen (secondary N) is 1. The van der Waals surface area contributed by atoms with E-state index in [-0.39, 0.29) is 17.7 Å². The Labute approximate surface area is 143 Å². The van der Waals surface area contributed by atoms with Crippen molar-refractivity contribution in [2.24, 2.45) is 5.92 Å². The van der Waals surface area contributed by atoms with Gasteiger partial charge in [-0.25, -0.2) is 0 Å². The molecule has 1 aromatic carbocycles. The number of methoxy groups -OCH3 is 1. The molecule has 24 heavy (non-hydrogen) atoms. The number of benzene rings is 1. The van der Waals surface area contributed by atoms with Gasteiger partial charge in [-0.3, -0.25) is 9.59 Å². The van der Waals surface area contributed by atoms with Crippen molar-refractivity contribution in [2.45, 2.75) is 51.1 Å². The number of hydrogen-bond donors (Lipinski definition) is 1. The van der Waals surface area contributed by atoms with Gasteiger partial charge in [0.15, 0.2) is 0 Å². The van der Waals surface area contributed by atoms with Gasteiger partial charge in [-0.1, -0.05) is 37.5 Å². The first-order valence-corrected chi connectivity index (χ1v) is 8.88. The van der Waals surface area contributed by atoms with Crippen molar-refractivity contribution in [1.82, 2.24) is 10.2 Å². The number of carbonyl (C=O) groups excluding carboxylic acids is 2. The van der Waals surface area contributed by atoms with Crippen LogP contribution in [0.1, 0.15) is 44.1 Å². The zero-order valence-electron chi connectivity index (χ0n) is 14.3. The van der Waals surface area contributed by atoms with Crippen LogP contribution in [0.2, 0.25) is 0 Å². The summed E-state index contributed by atoms with van der Waals surface area (Å²) in [5, 5.41) is 2.96. The topological polar surface area (TPSA) is 58.6 Å². The highest BCUT2D eigenvalue weighted by Gasteiger charge is 2.37. The molecule has 0 spiro atoms. The summed E-state index contributed by atoms with van der Waals surface area (Å²) in [5.41, 5.74) is 0.946. The maximum Gasteiger partial charge on any atom is 0.225 e. The lowest BCUT2D eigenvalue weighted by Crippen LogP contribution is -2.39. The average molecular weight is 330 g/mol. The largest absolute Gasteiger partial charge is 0.496 e. The molecule has 2 aliphatic rings. The number of hydrogen-bond acceptors (Lipinski definition) is 3. The molecule has 5 heteroatoms. The van der Waals surface area contributed by atoms with Gasteiger partial charge in [0, 0.05) is 31.1 Å². The Bertz CT molecular complexity index is 596. The van der Waals surface area contributed by atoms with Crippen LogP contribution in [0.5, 0.6) is 5.75 Å². The molecule has 1 aliphatic heterocycles. The van der Waals surface area contributed by atoms with Gasteiger partial charge >= 0.3 is 0 Å². The van der Waals surface area contributed by atoms with Gasteiger partial charge < -0.3 is 15.0 Å². The van der Waals surface area contributed by atoms with Crippen LogP contribution in [0, 0.1) is 5.92 Å². The normalized spacial score (nSPS) is 21.8. The minimum Gasteiger partial charge on any atom is -0.496 e. The highest BCUT2D eigenvalue weighted by molar-refractivity contribution is 5.89. The van der Waals surface area contributed by atoms with Gasteiger partial charge in [-0.05, 0) is 18.9 Å². The first kappa shape index (κ1) is 16.8. The maximum absolute atomic E-state index is 12.5. The molecule has 0 radical (unpaired) electrons. The molecule has 1 atom stereocenters. The predicted molar refractivity (Wildman–Crippen MR) is 91.5 cm³/mol. The number of nitrogens with zero attached hydrogens (tertiary/aromatic N) is 1. The highest BCUT2D eigenvalue weighted by atomic mass is 16.5. The van der Waals surface area contributed by atoms with Crippen LogP contribution in [-0.2, 0) is 16.1 Å². The average Bonchev–Trinajstić information content (AvgIpc) is 3.02. The molecule has 1 aromatic rings. The second-order valence-electron chi connectivity index (χ2n) is 6.77. The fourth-order valence-electron chi connectivity index (χ4n) is 3.83. The lowest BCUT2D eigenvalue weighted by molar-refractivity contribution is -0.130. The van der Waals surface area contributed by atoms with Crippen LogP contribution in [-0.4, -0.2) is 36.4 Å². The fourth-order valence-corrected chi connectivity index (χ4v) is 3.83. The van der Waals surface area contributed by atoms with Crippen LogP contribution in [0.25, 0.3) is 0 Å². The zero-order valence-corrected chi connectivity index (χ0v) is 14.3. The Kier molecular flexibility index (Phi) is 5.38. The number of likely N-dealkylation sites (tertiary alicyclic amines) is 1. The van der Waals surface area contributed by atoms with E-state index in [1.165, 1.54) is 19.3 Å². The molecule has 1 N–H and O–H groups in total. The highest BCUT2D eigenvalue weighted by Crippen LogP contribution is 2.28. The van der Waals surface area contributed by atoms with E-state index < -0.39 is 0 Å². The van der Waals surface area contributed by atoms with Crippen LogP contribution < -0.4 is 10.1 Å². The summed E-state index contributed by atoms with van der Waals surface area (Å²) in [6, 6.07) is 7.99. The number of para-hydroxylation sites is 1. The molecule has 1 saturated carbocycles. The second-order valence-corrected chi connectivity index (χ2v) is 6.77. The van der Waals surface area contributed by atoms with E-state index in [0.29, 0.717) is 25.6 Å². The van der Waals surface area contributed by atoms with E-state index >= 15 is 0 Å². The Morgan fingerprint density at radius 1 is 1.25 bits per heavy atom. The minimum absolute atomic E-state index is 0.0347. The summed E-state index contributed by atoms with van der Waals surface area (Å²) in [6.07, 6.45) is 6.16. The molecule has 0 aromatic heterocycles. The summed E-state index contributed by atoms with van der Waals surface area (Å²) in [5.74, 6) is 0.644. The third-order valence-electron chi connectivity index (χ3n) is 5.19. The van der Waals surface area contributed by atoms with Crippen molar-refractivity contribution in [2.75, 3.05) is 13.7 Å². The molecule has 3 rings (SSSR count). The van der Waals surface area contributed by atoms with Crippen molar-refractivity contribution in [3.8, 4) is 5.75 Å². The Morgan fingerprint density at radius 2 is 2.00 bits per heavy atom. The predicted octanol–water partition coefficient (Wildman–Crippen LogP) is 2.49. The van der Waals surface area contributed by atoms with E-state index in [1.54, 1.807) is 7.11 Å². The summed E-state index contributed by atoms with van der Waals surface area (Å²) >= 11 is 0. The summed E-state index contributed by atoms with van der Waals surface area (Å²) in [7, 11) is 1.62. The van der Waals surface area contributed by atoms with E-state index in [2.05, 4.69) is 5.32 Å². The molecule has 1 saturated heterocycles. The van der Waals surface area contributed by atoms with Gasteiger partial charge in [0.05, 0.1) is 13.0 Å². The van der Waals surface area contributed by atoms with E-state index in [0.717, 1.165) is 24.2 Å².